The van der Waals surface area contributed by atoms with Gasteiger partial charge in [0.1, 0.15) is 0 Å². The number of ketones is 1. The Labute approximate surface area is 164 Å². The van der Waals surface area contributed by atoms with Gasteiger partial charge in [-0.05, 0) is 51.8 Å². The number of likely N-dealkylation sites (tertiary alicyclic amines) is 1. The van der Waals surface area contributed by atoms with Crippen molar-refractivity contribution >= 4 is 16.7 Å². The number of rotatable bonds is 3. The molecule has 2 heterocycles. The maximum Gasteiger partial charge on any atom is 0.261 e. The number of carbonyl (C=O) groups is 1. The molecule has 1 saturated heterocycles. The number of likely N-dealkylation sites (N-methyl/N-ethyl adjacent to an activating group) is 1. The van der Waals surface area contributed by atoms with E-state index in [4.69, 9.17) is 9.47 Å². The number of hydrogen-bond acceptors (Lipinski definition) is 6. The minimum absolute atomic E-state index is 0.000579. The number of benzene rings is 1. The Morgan fingerprint density at radius 2 is 1.89 bits per heavy atom. The van der Waals surface area contributed by atoms with Crippen LogP contribution in [0, 0.1) is 0 Å². The fraction of sp³-hybridized carbons (Fsp3) is 0.571. The molecule has 0 atom stereocenters. The van der Waals surface area contributed by atoms with Gasteiger partial charge in [-0.25, -0.2) is 4.98 Å². The van der Waals surface area contributed by atoms with Crippen LogP contribution in [0.1, 0.15) is 38.5 Å². The van der Waals surface area contributed by atoms with Gasteiger partial charge in [0.15, 0.2) is 17.3 Å². The number of carbonyl (C=O) groups excluding carboxylic acids is 1. The van der Waals surface area contributed by atoms with E-state index in [1.54, 1.807) is 26.3 Å². The van der Waals surface area contributed by atoms with Crippen LogP contribution < -0.4 is 15.0 Å². The normalized spacial score (nSPS) is 26.0. The van der Waals surface area contributed by atoms with Crippen LogP contribution in [0.25, 0.3) is 10.9 Å². The summed E-state index contributed by atoms with van der Waals surface area (Å²) in [5.41, 5.74) is 0.157. The van der Waals surface area contributed by atoms with Crippen molar-refractivity contribution in [3.8, 4) is 11.5 Å². The number of fused-ring (bicyclic) bond motifs is 1. The smallest absolute Gasteiger partial charge is 0.261 e. The summed E-state index contributed by atoms with van der Waals surface area (Å²) < 4.78 is 13.2. The van der Waals surface area contributed by atoms with Gasteiger partial charge in [-0.15, -0.1) is 0 Å². The molecule has 0 bridgehead atoms. The average Bonchev–Trinajstić information content (AvgIpc) is 2.70. The van der Waals surface area contributed by atoms with Crippen LogP contribution in [0.3, 0.4) is 0 Å². The van der Waals surface area contributed by atoms with Crippen molar-refractivity contribution in [1.82, 2.24) is 14.5 Å². The maximum atomic E-state index is 12.6. The predicted molar refractivity (Wildman–Crippen MR) is 106 cm³/mol. The predicted octanol–water partition coefficient (Wildman–Crippen LogP) is 2.30. The molecule has 28 heavy (non-hydrogen) atoms. The van der Waals surface area contributed by atoms with Gasteiger partial charge in [0.25, 0.3) is 5.56 Å². The minimum Gasteiger partial charge on any atom is -0.493 e. The lowest BCUT2D eigenvalue weighted by molar-refractivity contribution is -0.137. The van der Waals surface area contributed by atoms with Gasteiger partial charge in [0, 0.05) is 19.5 Å². The van der Waals surface area contributed by atoms with E-state index in [0.29, 0.717) is 34.6 Å². The Morgan fingerprint density at radius 1 is 1.14 bits per heavy atom. The molecule has 1 aromatic heterocycles. The number of hydrogen-bond donors (Lipinski definition) is 0. The van der Waals surface area contributed by atoms with Crippen LogP contribution in [-0.2, 0) is 11.8 Å². The molecular formula is C21H27N3O4. The van der Waals surface area contributed by atoms with Crippen molar-refractivity contribution in [2.75, 3.05) is 20.7 Å². The van der Waals surface area contributed by atoms with Crippen LogP contribution in [0.15, 0.2) is 23.3 Å². The van der Waals surface area contributed by atoms with Gasteiger partial charge >= 0.3 is 0 Å². The van der Waals surface area contributed by atoms with E-state index in [1.165, 1.54) is 10.9 Å². The molecule has 1 spiro atoms. The first kappa shape index (κ1) is 18.9. The Balaban J connectivity index is 1.56. The van der Waals surface area contributed by atoms with Crippen LogP contribution in [0.5, 0.6) is 11.5 Å². The lowest BCUT2D eigenvalue weighted by Gasteiger charge is -2.47. The number of Topliss-reactive ketones (excluding diaryl/α,β-unsaturated/α-hetero) is 1. The summed E-state index contributed by atoms with van der Waals surface area (Å²) in [6.45, 7) is 0.978. The van der Waals surface area contributed by atoms with E-state index in [-0.39, 0.29) is 17.2 Å². The number of nitrogens with zero attached hydrogens (tertiary/aromatic N) is 3. The van der Waals surface area contributed by atoms with Crippen molar-refractivity contribution in [1.29, 1.82) is 0 Å². The highest BCUT2D eigenvalue weighted by Crippen LogP contribution is 2.40. The molecule has 1 aromatic carbocycles. The fourth-order valence-electron chi connectivity index (χ4n) is 4.63. The Kier molecular flexibility index (Phi) is 4.87. The first-order valence-corrected chi connectivity index (χ1v) is 9.89. The first-order valence-electron chi connectivity index (χ1n) is 9.89. The number of methoxy groups -OCH3 is 1. The minimum atomic E-state index is -0.314. The SMILES string of the molecule is COc1cc2ncn(C)c(=O)c2cc1O[C@H]1CC[C@@]2(CC1)C(=O)CCCN2C. The van der Waals surface area contributed by atoms with E-state index in [2.05, 4.69) is 16.9 Å². The molecule has 150 valence electrons. The topological polar surface area (TPSA) is 73.7 Å². The van der Waals surface area contributed by atoms with Crippen LogP contribution in [-0.4, -0.2) is 52.6 Å². The summed E-state index contributed by atoms with van der Waals surface area (Å²) >= 11 is 0. The molecule has 0 unspecified atom stereocenters. The highest BCUT2D eigenvalue weighted by molar-refractivity contribution is 5.89. The summed E-state index contributed by atoms with van der Waals surface area (Å²) in [6, 6.07) is 3.47. The van der Waals surface area contributed by atoms with E-state index in [9.17, 15) is 9.59 Å². The Bertz CT molecular complexity index is 960. The van der Waals surface area contributed by atoms with Crippen LogP contribution in [0.4, 0.5) is 0 Å². The second-order valence-corrected chi connectivity index (χ2v) is 7.98. The van der Waals surface area contributed by atoms with Gasteiger partial charge in [-0.3, -0.25) is 14.5 Å². The van der Waals surface area contributed by atoms with Crippen LogP contribution >= 0.6 is 0 Å². The molecule has 7 heteroatoms. The van der Waals surface area contributed by atoms with Crippen LogP contribution in [0.2, 0.25) is 0 Å². The Morgan fingerprint density at radius 3 is 2.57 bits per heavy atom. The van der Waals surface area contributed by atoms with E-state index in [1.807, 2.05) is 0 Å². The highest BCUT2D eigenvalue weighted by Gasteiger charge is 2.46. The molecule has 1 aliphatic carbocycles. The molecule has 0 N–H and O–H groups in total. The zero-order valence-electron chi connectivity index (χ0n) is 16.7. The summed E-state index contributed by atoms with van der Waals surface area (Å²) in [5, 5.41) is 0.510. The number of piperidine rings is 1. The molecule has 2 aliphatic rings. The summed E-state index contributed by atoms with van der Waals surface area (Å²) in [5.74, 6) is 1.50. The van der Waals surface area contributed by atoms with Crippen molar-refractivity contribution in [2.24, 2.45) is 7.05 Å². The van der Waals surface area contributed by atoms with E-state index < -0.39 is 0 Å². The Hall–Kier alpha value is -2.41. The number of ether oxygens (including phenoxy) is 2. The van der Waals surface area contributed by atoms with Gasteiger partial charge in [-0.1, -0.05) is 0 Å². The van der Waals surface area contributed by atoms with Crippen molar-refractivity contribution < 1.29 is 14.3 Å². The number of aryl methyl sites for hydroxylation is 1. The second-order valence-electron chi connectivity index (χ2n) is 7.98. The van der Waals surface area contributed by atoms with Crippen molar-refractivity contribution in [2.45, 2.75) is 50.2 Å². The lowest BCUT2D eigenvalue weighted by atomic mass is 9.73. The van der Waals surface area contributed by atoms with Gasteiger partial charge in [-0.2, -0.15) is 0 Å². The van der Waals surface area contributed by atoms with Gasteiger partial charge in [0.2, 0.25) is 0 Å². The second kappa shape index (κ2) is 7.20. The summed E-state index contributed by atoms with van der Waals surface area (Å²) in [7, 11) is 5.33. The zero-order valence-corrected chi connectivity index (χ0v) is 16.7. The highest BCUT2D eigenvalue weighted by atomic mass is 16.5. The molecule has 1 aliphatic heterocycles. The largest absolute Gasteiger partial charge is 0.493 e. The lowest BCUT2D eigenvalue weighted by Crippen LogP contribution is -2.58. The fourth-order valence-corrected chi connectivity index (χ4v) is 4.63. The third-order valence-corrected chi connectivity index (χ3v) is 6.40. The quantitative estimate of drug-likeness (QED) is 0.807. The summed E-state index contributed by atoms with van der Waals surface area (Å²) in [6.07, 6.45) is 6.38. The monoisotopic (exact) mass is 385 g/mol. The molecule has 2 aromatic rings. The first-order chi connectivity index (χ1) is 13.4. The van der Waals surface area contributed by atoms with Crippen molar-refractivity contribution in [3.05, 3.63) is 28.8 Å². The number of aromatic nitrogens is 2. The molecule has 0 amide bonds. The third-order valence-electron chi connectivity index (χ3n) is 6.40. The molecule has 4 rings (SSSR count). The maximum absolute atomic E-state index is 12.6. The molecule has 7 nitrogen and oxygen atoms in total. The molecular weight excluding hydrogens is 358 g/mol. The standard InChI is InChI=1S/C21H27N3O4/c1-23-13-22-16-12-17(27-3)18(11-15(16)20(23)26)28-14-6-8-21(9-7-14)19(25)5-4-10-24(21)2/h11-14H,4-10H2,1-3H3/t14-,21+. The average molecular weight is 385 g/mol. The molecule has 1 saturated carbocycles. The molecule has 2 fully saturated rings. The molecule has 0 radical (unpaired) electrons. The van der Waals surface area contributed by atoms with Gasteiger partial charge in [0.05, 0.1) is 36.0 Å². The van der Waals surface area contributed by atoms with Gasteiger partial charge < -0.3 is 14.0 Å². The zero-order chi connectivity index (χ0) is 19.9. The van der Waals surface area contributed by atoms with E-state index in [0.717, 1.165) is 38.6 Å². The van der Waals surface area contributed by atoms with E-state index >= 15 is 0 Å². The summed E-state index contributed by atoms with van der Waals surface area (Å²) in [4.78, 5) is 31.6. The van der Waals surface area contributed by atoms with Crippen molar-refractivity contribution in [3.63, 3.8) is 0 Å². The third kappa shape index (κ3) is 3.07.